The van der Waals surface area contributed by atoms with Crippen LogP contribution in [-0.2, 0) is 0 Å². The number of piperazine rings is 1. The van der Waals surface area contributed by atoms with Gasteiger partial charge in [0.2, 0.25) is 0 Å². The van der Waals surface area contributed by atoms with Crippen molar-refractivity contribution in [2.24, 2.45) is 0 Å². The second kappa shape index (κ2) is 6.55. The summed E-state index contributed by atoms with van der Waals surface area (Å²) >= 11 is 5.92. The Balaban J connectivity index is 0.00000180. The molecule has 1 aliphatic rings. The SMILES string of the molecule is CC1CN(C(=O)c2ccc(F)cc2Cl)C(C)CN1.Cl. The molecule has 2 rings (SSSR count). The lowest BCUT2D eigenvalue weighted by Crippen LogP contribution is -2.56. The van der Waals surface area contributed by atoms with Gasteiger partial charge in [0, 0.05) is 25.2 Å². The van der Waals surface area contributed by atoms with Gasteiger partial charge in [-0.3, -0.25) is 4.79 Å². The van der Waals surface area contributed by atoms with Crippen molar-refractivity contribution in [3.63, 3.8) is 0 Å². The van der Waals surface area contributed by atoms with Gasteiger partial charge in [-0.2, -0.15) is 0 Å². The Bertz CT molecular complexity index is 470. The summed E-state index contributed by atoms with van der Waals surface area (Å²) in [5.41, 5.74) is 0.360. The Labute approximate surface area is 123 Å². The predicted molar refractivity (Wildman–Crippen MR) is 76.6 cm³/mol. The topological polar surface area (TPSA) is 32.3 Å². The number of hydrogen-bond acceptors (Lipinski definition) is 2. The Morgan fingerprint density at radius 3 is 2.79 bits per heavy atom. The van der Waals surface area contributed by atoms with Crippen LogP contribution in [0.4, 0.5) is 4.39 Å². The zero-order valence-corrected chi connectivity index (χ0v) is 12.4. The van der Waals surface area contributed by atoms with Crippen LogP contribution in [0.1, 0.15) is 24.2 Å². The van der Waals surface area contributed by atoms with Gasteiger partial charge in [0.25, 0.3) is 5.91 Å². The van der Waals surface area contributed by atoms with E-state index in [1.54, 1.807) is 4.90 Å². The van der Waals surface area contributed by atoms with Crippen LogP contribution < -0.4 is 5.32 Å². The third kappa shape index (κ3) is 3.59. The smallest absolute Gasteiger partial charge is 0.255 e. The standard InChI is InChI=1S/C13H16ClFN2O.ClH/c1-8-7-17(9(2)6-16-8)13(18)11-4-3-10(15)5-12(11)14;/h3-5,8-9,16H,6-7H2,1-2H3;1H. The summed E-state index contributed by atoms with van der Waals surface area (Å²) in [4.78, 5) is 14.2. The molecule has 106 valence electrons. The molecule has 1 fully saturated rings. The molecule has 6 heteroatoms. The molecule has 1 aromatic carbocycles. The predicted octanol–water partition coefficient (Wildman–Crippen LogP) is 2.72. The Kier molecular flexibility index (Phi) is 5.59. The highest BCUT2D eigenvalue weighted by Crippen LogP contribution is 2.21. The van der Waals surface area contributed by atoms with Crippen molar-refractivity contribution >= 4 is 29.9 Å². The van der Waals surface area contributed by atoms with E-state index >= 15 is 0 Å². The molecule has 1 N–H and O–H groups in total. The van der Waals surface area contributed by atoms with Crippen molar-refractivity contribution in [3.05, 3.63) is 34.6 Å². The number of rotatable bonds is 1. The van der Waals surface area contributed by atoms with Gasteiger partial charge < -0.3 is 10.2 Å². The molecule has 0 saturated carbocycles. The van der Waals surface area contributed by atoms with Crippen LogP contribution in [-0.4, -0.2) is 36.0 Å². The second-order valence-electron chi connectivity index (χ2n) is 4.74. The maximum absolute atomic E-state index is 13.0. The van der Waals surface area contributed by atoms with Crippen LogP contribution >= 0.6 is 24.0 Å². The molecule has 19 heavy (non-hydrogen) atoms. The fourth-order valence-electron chi connectivity index (χ4n) is 2.12. The van der Waals surface area contributed by atoms with Gasteiger partial charge >= 0.3 is 0 Å². The summed E-state index contributed by atoms with van der Waals surface area (Å²) < 4.78 is 13.0. The average molecular weight is 307 g/mol. The number of amides is 1. The molecule has 0 spiro atoms. The summed E-state index contributed by atoms with van der Waals surface area (Å²) in [7, 11) is 0. The fourth-order valence-corrected chi connectivity index (χ4v) is 2.37. The zero-order valence-electron chi connectivity index (χ0n) is 10.8. The third-order valence-electron chi connectivity index (χ3n) is 3.19. The van der Waals surface area contributed by atoms with Gasteiger partial charge in [-0.25, -0.2) is 4.39 Å². The van der Waals surface area contributed by atoms with Crippen molar-refractivity contribution in [2.75, 3.05) is 13.1 Å². The van der Waals surface area contributed by atoms with Gasteiger partial charge in [0.15, 0.2) is 0 Å². The maximum atomic E-state index is 13.0. The van der Waals surface area contributed by atoms with Crippen LogP contribution in [0.15, 0.2) is 18.2 Å². The van der Waals surface area contributed by atoms with Crippen molar-refractivity contribution in [1.29, 1.82) is 0 Å². The van der Waals surface area contributed by atoms with E-state index in [-0.39, 0.29) is 35.4 Å². The molecule has 1 saturated heterocycles. The minimum absolute atomic E-state index is 0. The van der Waals surface area contributed by atoms with E-state index in [1.165, 1.54) is 18.2 Å². The molecule has 1 amide bonds. The van der Waals surface area contributed by atoms with E-state index in [0.29, 0.717) is 12.1 Å². The summed E-state index contributed by atoms with van der Waals surface area (Å²) in [6, 6.07) is 4.24. The van der Waals surface area contributed by atoms with Crippen LogP contribution in [0.5, 0.6) is 0 Å². The summed E-state index contributed by atoms with van der Waals surface area (Å²) in [5.74, 6) is -0.570. The first kappa shape index (κ1) is 16.2. The number of halogens is 3. The number of nitrogens with zero attached hydrogens (tertiary/aromatic N) is 1. The minimum Gasteiger partial charge on any atom is -0.333 e. The quantitative estimate of drug-likeness (QED) is 0.865. The first-order valence-corrected chi connectivity index (χ1v) is 6.36. The van der Waals surface area contributed by atoms with Crippen molar-refractivity contribution in [1.82, 2.24) is 10.2 Å². The second-order valence-corrected chi connectivity index (χ2v) is 5.15. The molecular formula is C13H17Cl2FN2O. The highest BCUT2D eigenvalue weighted by atomic mass is 35.5. The lowest BCUT2D eigenvalue weighted by atomic mass is 10.1. The Morgan fingerprint density at radius 2 is 2.16 bits per heavy atom. The van der Waals surface area contributed by atoms with Gasteiger partial charge in [-0.15, -0.1) is 12.4 Å². The van der Waals surface area contributed by atoms with E-state index in [0.717, 1.165) is 6.54 Å². The summed E-state index contributed by atoms with van der Waals surface area (Å²) in [5, 5.41) is 3.47. The van der Waals surface area contributed by atoms with Gasteiger partial charge in [0.1, 0.15) is 5.82 Å². The normalized spacial score (nSPS) is 22.8. The van der Waals surface area contributed by atoms with Crippen LogP contribution in [0.2, 0.25) is 5.02 Å². The summed E-state index contributed by atoms with van der Waals surface area (Å²) in [6.45, 7) is 5.39. The van der Waals surface area contributed by atoms with E-state index in [4.69, 9.17) is 11.6 Å². The fraction of sp³-hybridized carbons (Fsp3) is 0.462. The molecule has 1 aliphatic heterocycles. The first-order chi connectivity index (χ1) is 8.49. The van der Waals surface area contributed by atoms with Crippen molar-refractivity contribution in [3.8, 4) is 0 Å². The maximum Gasteiger partial charge on any atom is 0.255 e. The molecule has 0 aromatic heterocycles. The van der Waals surface area contributed by atoms with Crippen molar-refractivity contribution in [2.45, 2.75) is 25.9 Å². The average Bonchev–Trinajstić information content (AvgIpc) is 2.31. The molecule has 1 aromatic rings. The van der Waals surface area contributed by atoms with E-state index in [2.05, 4.69) is 5.32 Å². The molecular weight excluding hydrogens is 290 g/mol. The Hall–Kier alpha value is -0.840. The van der Waals surface area contributed by atoms with Crippen molar-refractivity contribution < 1.29 is 9.18 Å². The molecule has 0 radical (unpaired) electrons. The van der Waals surface area contributed by atoms with Crippen LogP contribution in [0.25, 0.3) is 0 Å². The number of benzene rings is 1. The molecule has 3 nitrogen and oxygen atoms in total. The van der Waals surface area contributed by atoms with E-state index in [9.17, 15) is 9.18 Å². The molecule has 0 aliphatic carbocycles. The van der Waals surface area contributed by atoms with Gasteiger partial charge in [-0.1, -0.05) is 11.6 Å². The molecule has 2 unspecified atom stereocenters. The van der Waals surface area contributed by atoms with E-state index < -0.39 is 5.82 Å². The molecule has 0 bridgehead atoms. The molecule has 2 atom stereocenters. The zero-order chi connectivity index (χ0) is 13.3. The minimum atomic E-state index is -0.432. The monoisotopic (exact) mass is 306 g/mol. The largest absolute Gasteiger partial charge is 0.333 e. The lowest BCUT2D eigenvalue weighted by molar-refractivity contribution is 0.0616. The van der Waals surface area contributed by atoms with Gasteiger partial charge in [0.05, 0.1) is 10.6 Å². The first-order valence-electron chi connectivity index (χ1n) is 5.98. The van der Waals surface area contributed by atoms with Crippen LogP contribution in [0.3, 0.4) is 0 Å². The third-order valence-corrected chi connectivity index (χ3v) is 3.50. The van der Waals surface area contributed by atoms with E-state index in [1.807, 2.05) is 13.8 Å². The lowest BCUT2D eigenvalue weighted by Gasteiger charge is -2.37. The Morgan fingerprint density at radius 1 is 1.47 bits per heavy atom. The summed E-state index contributed by atoms with van der Waals surface area (Å²) in [6.07, 6.45) is 0. The number of nitrogens with one attached hydrogen (secondary N) is 1. The highest BCUT2D eigenvalue weighted by molar-refractivity contribution is 6.33. The van der Waals surface area contributed by atoms with Crippen LogP contribution in [0, 0.1) is 5.82 Å². The molecule has 1 heterocycles. The number of carbonyl (C=O) groups is 1. The highest BCUT2D eigenvalue weighted by Gasteiger charge is 2.28. The number of carbonyl (C=O) groups excluding carboxylic acids is 1. The van der Waals surface area contributed by atoms with Gasteiger partial charge in [-0.05, 0) is 32.0 Å². The number of hydrogen-bond donors (Lipinski definition) is 1.